The highest BCUT2D eigenvalue weighted by Gasteiger charge is 2.20. The molecule has 1 atom stereocenters. The molecular weight excluding hydrogens is 288 g/mol. The Morgan fingerprint density at radius 1 is 1.32 bits per heavy atom. The van der Waals surface area contributed by atoms with Gasteiger partial charge in [0.15, 0.2) is 0 Å². The molecule has 1 aromatic heterocycles. The predicted octanol–water partition coefficient (Wildman–Crippen LogP) is 1.53. The zero-order valence-electron chi connectivity index (χ0n) is 13.7. The van der Waals surface area contributed by atoms with Gasteiger partial charge in [-0.3, -0.25) is 0 Å². The summed E-state index contributed by atoms with van der Waals surface area (Å²) in [6, 6.07) is 2.86. The van der Waals surface area contributed by atoms with E-state index in [-0.39, 0.29) is 6.61 Å². The van der Waals surface area contributed by atoms with E-state index in [9.17, 15) is 9.90 Å². The Hall–Kier alpha value is -2.02. The Labute approximate surface area is 130 Å². The van der Waals surface area contributed by atoms with Crippen LogP contribution >= 0.6 is 0 Å². The number of pyridine rings is 1. The van der Waals surface area contributed by atoms with Crippen LogP contribution in [0, 0.1) is 0 Å². The van der Waals surface area contributed by atoms with Gasteiger partial charge in [0.2, 0.25) is 5.88 Å². The number of carbonyl (C=O) groups is 1. The maximum atomic E-state index is 11.8. The van der Waals surface area contributed by atoms with E-state index in [1.54, 1.807) is 40.0 Å². The molecule has 0 saturated carbocycles. The fourth-order valence-corrected chi connectivity index (χ4v) is 1.75. The van der Waals surface area contributed by atoms with Crippen LogP contribution in [-0.4, -0.2) is 48.7 Å². The topological polar surface area (TPSA) is 89.9 Å². The predicted molar refractivity (Wildman–Crippen MR) is 81.3 cm³/mol. The number of aliphatic hydroxyl groups is 1. The molecule has 22 heavy (non-hydrogen) atoms. The van der Waals surface area contributed by atoms with Crippen LogP contribution in [0.1, 0.15) is 26.5 Å². The van der Waals surface area contributed by atoms with Gasteiger partial charge in [0, 0.05) is 18.6 Å². The van der Waals surface area contributed by atoms with Crippen molar-refractivity contribution < 1.29 is 24.1 Å². The van der Waals surface area contributed by atoms with Crippen LogP contribution in [0.25, 0.3) is 0 Å². The van der Waals surface area contributed by atoms with Gasteiger partial charge in [-0.1, -0.05) is 0 Å². The van der Waals surface area contributed by atoms with Gasteiger partial charge in [0.05, 0.1) is 32.6 Å². The first-order valence-electron chi connectivity index (χ1n) is 6.96. The van der Waals surface area contributed by atoms with Crippen LogP contribution < -0.4 is 14.8 Å². The molecule has 7 heteroatoms. The molecule has 0 aliphatic heterocycles. The lowest BCUT2D eigenvalue weighted by Crippen LogP contribution is -2.42. The zero-order valence-corrected chi connectivity index (χ0v) is 13.7. The summed E-state index contributed by atoms with van der Waals surface area (Å²) in [7, 11) is 3.05. The molecule has 1 aromatic rings. The number of nitrogens with zero attached hydrogens (tertiary/aromatic N) is 1. The van der Waals surface area contributed by atoms with Crippen molar-refractivity contribution in [3.63, 3.8) is 0 Å². The lowest BCUT2D eigenvalue weighted by molar-refractivity contribution is 0.0482. The molecule has 0 aromatic carbocycles. The first-order valence-corrected chi connectivity index (χ1v) is 6.96. The fraction of sp³-hybridized carbons (Fsp3) is 0.600. The molecule has 0 bridgehead atoms. The number of aliphatic hydroxyl groups excluding tert-OH is 1. The van der Waals surface area contributed by atoms with Gasteiger partial charge < -0.3 is 24.6 Å². The molecule has 0 fully saturated rings. The maximum Gasteiger partial charge on any atom is 0.407 e. The van der Waals surface area contributed by atoms with Crippen LogP contribution in [-0.2, 0) is 11.2 Å². The Morgan fingerprint density at radius 3 is 2.50 bits per heavy atom. The molecule has 124 valence electrons. The van der Waals surface area contributed by atoms with E-state index in [1.807, 2.05) is 0 Å². The highest BCUT2D eigenvalue weighted by Crippen LogP contribution is 2.19. The number of hydrogen-bond donors (Lipinski definition) is 2. The smallest absolute Gasteiger partial charge is 0.407 e. The molecule has 0 saturated heterocycles. The van der Waals surface area contributed by atoms with Gasteiger partial charge in [0.1, 0.15) is 11.4 Å². The summed E-state index contributed by atoms with van der Waals surface area (Å²) in [5, 5.41) is 12.0. The molecule has 2 N–H and O–H groups in total. The summed E-state index contributed by atoms with van der Waals surface area (Å²) in [6.45, 7) is 5.08. The van der Waals surface area contributed by atoms with Gasteiger partial charge in [-0.15, -0.1) is 0 Å². The first-order chi connectivity index (χ1) is 10.3. The molecular formula is C15H24N2O5. The van der Waals surface area contributed by atoms with Crippen molar-refractivity contribution in [2.45, 2.75) is 38.8 Å². The number of methoxy groups -OCH3 is 2. The van der Waals surface area contributed by atoms with E-state index in [0.29, 0.717) is 23.7 Å². The summed E-state index contributed by atoms with van der Waals surface area (Å²) in [5.41, 5.74) is 0.0351. The van der Waals surface area contributed by atoms with Crippen molar-refractivity contribution in [2.24, 2.45) is 0 Å². The van der Waals surface area contributed by atoms with E-state index in [4.69, 9.17) is 14.2 Å². The summed E-state index contributed by atoms with van der Waals surface area (Å²) in [6.07, 6.45) is -0.259. The Balaban J connectivity index is 2.75. The molecule has 0 spiro atoms. The monoisotopic (exact) mass is 312 g/mol. The fourth-order valence-electron chi connectivity index (χ4n) is 1.75. The van der Waals surface area contributed by atoms with E-state index >= 15 is 0 Å². The van der Waals surface area contributed by atoms with Gasteiger partial charge in [0.25, 0.3) is 0 Å². The minimum Gasteiger partial charge on any atom is -0.496 e. The van der Waals surface area contributed by atoms with E-state index in [0.717, 1.165) is 0 Å². The molecule has 0 radical (unpaired) electrons. The molecule has 0 aliphatic carbocycles. The molecule has 0 aliphatic rings. The summed E-state index contributed by atoms with van der Waals surface area (Å²) in [5.74, 6) is 0.999. The van der Waals surface area contributed by atoms with Crippen molar-refractivity contribution in [3.8, 4) is 11.6 Å². The van der Waals surface area contributed by atoms with E-state index in [1.165, 1.54) is 7.11 Å². The highest BCUT2D eigenvalue weighted by atomic mass is 16.6. The van der Waals surface area contributed by atoms with Crippen molar-refractivity contribution in [1.82, 2.24) is 10.3 Å². The Morgan fingerprint density at radius 2 is 2.00 bits per heavy atom. The number of carbonyl (C=O) groups excluding carboxylic acids is 1. The van der Waals surface area contributed by atoms with Crippen LogP contribution in [0.15, 0.2) is 12.1 Å². The molecule has 1 amide bonds. The van der Waals surface area contributed by atoms with Crippen LogP contribution in [0.3, 0.4) is 0 Å². The van der Waals surface area contributed by atoms with Crippen molar-refractivity contribution in [1.29, 1.82) is 0 Å². The average molecular weight is 312 g/mol. The van der Waals surface area contributed by atoms with Gasteiger partial charge in [-0.2, -0.15) is 0 Å². The number of hydrogen-bond acceptors (Lipinski definition) is 6. The number of amides is 1. The van der Waals surface area contributed by atoms with Gasteiger partial charge in [-0.25, -0.2) is 9.78 Å². The first kappa shape index (κ1) is 18.0. The second-order valence-electron chi connectivity index (χ2n) is 5.77. The largest absolute Gasteiger partial charge is 0.496 e. The highest BCUT2D eigenvalue weighted by molar-refractivity contribution is 5.68. The second kappa shape index (κ2) is 7.84. The van der Waals surface area contributed by atoms with Crippen molar-refractivity contribution in [2.75, 3.05) is 20.8 Å². The molecule has 7 nitrogen and oxygen atoms in total. The van der Waals surface area contributed by atoms with Crippen LogP contribution in [0.5, 0.6) is 11.6 Å². The molecule has 1 heterocycles. The van der Waals surface area contributed by atoms with Gasteiger partial charge in [-0.05, 0) is 20.8 Å². The molecule has 1 rings (SSSR count). The number of ether oxygens (including phenoxy) is 3. The Kier molecular flexibility index (Phi) is 6.42. The summed E-state index contributed by atoms with van der Waals surface area (Å²) in [4.78, 5) is 16.0. The standard InChI is InChI=1S/C15H24N2O5/c1-15(2,3)22-14(19)17-11(9-18)6-10-7-12(20-4)8-13(16-10)21-5/h7-8,11,18H,6,9H2,1-5H3,(H,17,19)/t11-/m1/s1. The third-order valence-corrected chi connectivity index (χ3v) is 2.67. The quantitative estimate of drug-likeness (QED) is 0.828. The lowest BCUT2D eigenvalue weighted by atomic mass is 10.1. The van der Waals surface area contributed by atoms with Crippen molar-refractivity contribution in [3.05, 3.63) is 17.8 Å². The third-order valence-electron chi connectivity index (χ3n) is 2.67. The number of rotatable bonds is 6. The summed E-state index contributed by atoms with van der Waals surface area (Å²) >= 11 is 0. The minimum absolute atomic E-state index is 0.236. The zero-order chi connectivity index (χ0) is 16.8. The van der Waals surface area contributed by atoms with Gasteiger partial charge >= 0.3 is 6.09 Å². The van der Waals surface area contributed by atoms with E-state index in [2.05, 4.69) is 10.3 Å². The Bertz CT molecular complexity index is 477. The van der Waals surface area contributed by atoms with Crippen molar-refractivity contribution >= 4 is 6.09 Å². The van der Waals surface area contributed by atoms with Crippen LogP contribution in [0.4, 0.5) is 4.79 Å². The molecule has 0 unspecified atom stereocenters. The average Bonchev–Trinajstić information content (AvgIpc) is 2.44. The number of nitrogens with one attached hydrogen (secondary N) is 1. The number of alkyl carbamates (subject to hydrolysis) is 1. The summed E-state index contributed by atoms with van der Waals surface area (Å²) < 4.78 is 15.4. The normalized spacial score (nSPS) is 12.5. The minimum atomic E-state index is -0.596. The lowest BCUT2D eigenvalue weighted by Gasteiger charge is -2.22. The maximum absolute atomic E-state index is 11.8. The van der Waals surface area contributed by atoms with Crippen LogP contribution in [0.2, 0.25) is 0 Å². The number of aromatic nitrogens is 1. The van der Waals surface area contributed by atoms with E-state index < -0.39 is 17.7 Å². The second-order valence-corrected chi connectivity index (χ2v) is 5.77. The third kappa shape index (κ3) is 6.17. The SMILES string of the molecule is COc1cc(C[C@H](CO)NC(=O)OC(C)(C)C)nc(OC)c1.